The van der Waals surface area contributed by atoms with E-state index in [1.54, 1.807) is 7.11 Å². The molecule has 29 heavy (non-hydrogen) atoms. The van der Waals surface area contributed by atoms with Crippen molar-refractivity contribution < 1.29 is 19.0 Å². The minimum Gasteiger partial charge on any atom is -0.493 e. The van der Waals surface area contributed by atoms with Gasteiger partial charge in [-0.1, -0.05) is 48.2 Å². The average Bonchev–Trinajstić information content (AvgIpc) is 2.76. The molecule has 1 atom stereocenters. The van der Waals surface area contributed by atoms with Crippen molar-refractivity contribution >= 4 is 5.91 Å². The van der Waals surface area contributed by atoms with Gasteiger partial charge in [0.15, 0.2) is 11.5 Å². The minimum atomic E-state index is -0.637. The summed E-state index contributed by atoms with van der Waals surface area (Å²) in [6.07, 6.45) is 10.9. The summed E-state index contributed by atoms with van der Waals surface area (Å²) < 4.78 is 16.3. The lowest BCUT2D eigenvalue weighted by Crippen LogP contribution is -2.39. The van der Waals surface area contributed by atoms with Crippen LogP contribution in [0.15, 0.2) is 48.5 Å². The van der Waals surface area contributed by atoms with Crippen LogP contribution >= 0.6 is 0 Å². The van der Waals surface area contributed by atoms with Gasteiger partial charge in [0.1, 0.15) is 19.3 Å². The van der Waals surface area contributed by atoms with E-state index in [0.717, 1.165) is 11.1 Å². The van der Waals surface area contributed by atoms with Gasteiger partial charge in [-0.05, 0) is 29.7 Å². The van der Waals surface area contributed by atoms with Gasteiger partial charge in [-0.2, -0.15) is 0 Å². The van der Waals surface area contributed by atoms with E-state index in [9.17, 15) is 4.79 Å². The van der Waals surface area contributed by atoms with Gasteiger partial charge in [0, 0.05) is 13.0 Å². The normalized spacial score (nSPS) is 11.0. The quantitative estimate of drug-likeness (QED) is 0.599. The maximum Gasteiger partial charge on any atom is 0.249 e. The minimum absolute atomic E-state index is 0.0846. The number of benzene rings is 2. The number of methoxy groups -OCH3 is 1. The lowest BCUT2D eigenvalue weighted by Gasteiger charge is -2.17. The highest BCUT2D eigenvalue weighted by atomic mass is 16.5. The highest BCUT2D eigenvalue weighted by Gasteiger charge is 2.19. The fourth-order valence-electron chi connectivity index (χ4n) is 2.75. The van der Waals surface area contributed by atoms with Crippen molar-refractivity contribution in [2.24, 2.45) is 0 Å². The second-order valence-corrected chi connectivity index (χ2v) is 6.21. The Kier molecular flexibility index (Phi) is 9.15. The lowest BCUT2D eigenvalue weighted by molar-refractivity contribution is -0.131. The molecule has 2 aromatic rings. The van der Waals surface area contributed by atoms with Crippen LogP contribution in [0, 0.1) is 24.7 Å². The molecule has 1 N–H and O–H groups in total. The zero-order valence-corrected chi connectivity index (χ0v) is 16.5. The maximum absolute atomic E-state index is 12.6. The molecule has 0 heterocycles. The van der Waals surface area contributed by atoms with Crippen LogP contribution in [0.5, 0.6) is 11.5 Å². The Hall–Kier alpha value is -3.41. The summed E-state index contributed by atoms with van der Waals surface area (Å²) in [5.74, 6) is 5.83. The molecule has 0 spiro atoms. The predicted octanol–water partition coefficient (Wildman–Crippen LogP) is 2.63. The number of hydrogen-bond donors (Lipinski definition) is 1. The van der Waals surface area contributed by atoms with Gasteiger partial charge in [-0.15, -0.1) is 12.8 Å². The maximum atomic E-state index is 12.6. The highest BCUT2D eigenvalue weighted by Crippen LogP contribution is 2.28. The van der Waals surface area contributed by atoms with Gasteiger partial charge in [0.05, 0.1) is 7.11 Å². The summed E-state index contributed by atoms with van der Waals surface area (Å²) >= 11 is 0. The van der Waals surface area contributed by atoms with Crippen LogP contribution in [0.3, 0.4) is 0 Å². The topological polar surface area (TPSA) is 56.8 Å². The van der Waals surface area contributed by atoms with Crippen LogP contribution < -0.4 is 14.8 Å². The molecule has 0 saturated heterocycles. The number of rotatable bonds is 11. The fourth-order valence-corrected chi connectivity index (χ4v) is 2.75. The molecule has 1 unspecified atom stereocenters. The first kappa shape index (κ1) is 21.9. The van der Waals surface area contributed by atoms with Crippen LogP contribution in [0.25, 0.3) is 0 Å². The van der Waals surface area contributed by atoms with Crippen molar-refractivity contribution in [1.82, 2.24) is 5.32 Å². The Morgan fingerprint density at radius 3 is 2.48 bits per heavy atom. The van der Waals surface area contributed by atoms with Crippen LogP contribution in [0.2, 0.25) is 0 Å². The Morgan fingerprint density at radius 2 is 1.79 bits per heavy atom. The Morgan fingerprint density at radius 1 is 1.03 bits per heavy atom. The van der Waals surface area contributed by atoms with Crippen molar-refractivity contribution in [3.63, 3.8) is 0 Å². The van der Waals surface area contributed by atoms with Crippen LogP contribution in [0.1, 0.15) is 11.1 Å². The van der Waals surface area contributed by atoms with Gasteiger partial charge in [0.2, 0.25) is 5.91 Å². The van der Waals surface area contributed by atoms with Gasteiger partial charge in [0.25, 0.3) is 0 Å². The third-order valence-electron chi connectivity index (χ3n) is 4.18. The van der Waals surface area contributed by atoms with Crippen molar-refractivity contribution in [2.75, 3.05) is 26.9 Å². The molecule has 0 aromatic heterocycles. The van der Waals surface area contributed by atoms with E-state index in [1.165, 1.54) is 0 Å². The van der Waals surface area contributed by atoms with Crippen LogP contribution in [0.4, 0.5) is 0 Å². The number of hydrogen-bond acceptors (Lipinski definition) is 4. The second kappa shape index (κ2) is 12.1. The molecule has 5 heteroatoms. The number of amides is 1. The molecule has 0 radical (unpaired) electrons. The largest absolute Gasteiger partial charge is 0.493 e. The number of carbonyl (C=O) groups excluding carboxylic acids is 1. The highest BCUT2D eigenvalue weighted by molar-refractivity contribution is 5.81. The molecule has 0 aliphatic rings. The van der Waals surface area contributed by atoms with Crippen molar-refractivity contribution in [3.05, 3.63) is 59.7 Å². The zero-order valence-electron chi connectivity index (χ0n) is 16.5. The molecular weight excluding hydrogens is 366 g/mol. The predicted molar refractivity (Wildman–Crippen MR) is 113 cm³/mol. The van der Waals surface area contributed by atoms with Gasteiger partial charge in [-0.3, -0.25) is 4.79 Å². The second-order valence-electron chi connectivity index (χ2n) is 6.21. The first-order valence-electron chi connectivity index (χ1n) is 9.27. The van der Waals surface area contributed by atoms with Crippen LogP contribution in [-0.4, -0.2) is 38.9 Å². The van der Waals surface area contributed by atoms with E-state index >= 15 is 0 Å². The van der Waals surface area contributed by atoms with Crippen LogP contribution in [-0.2, 0) is 22.4 Å². The van der Waals surface area contributed by atoms with E-state index in [1.807, 2.05) is 48.5 Å². The molecule has 150 valence electrons. The number of carbonyl (C=O) groups is 1. The molecule has 2 aromatic carbocycles. The molecular formula is C24H25NO4. The van der Waals surface area contributed by atoms with E-state index in [-0.39, 0.29) is 19.1 Å². The Bertz CT molecular complexity index is 865. The smallest absolute Gasteiger partial charge is 0.249 e. The van der Waals surface area contributed by atoms with E-state index in [4.69, 9.17) is 27.1 Å². The summed E-state index contributed by atoms with van der Waals surface area (Å²) in [7, 11) is 1.57. The monoisotopic (exact) mass is 391 g/mol. The molecule has 0 aliphatic heterocycles. The SMILES string of the molecule is C#CCOc1ccc(CCNC(=O)C(Cc2ccccc2)OCC#C)cc1OC. The number of terminal acetylenes is 2. The van der Waals surface area contributed by atoms with E-state index < -0.39 is 6.10 Å². The molecule has 0 fully saturated rings. The third-order valence-corrected chi connectivity index (χ3v) is 4.18. The standard InChI is InChI=1S/C24H25NO4/c1-4-15-28-21-12-11-20(17-22(21)27-3)13-14-25-24(26)23(29-16-5-2)18-19-9-7-6-8-10-19/h1-2,6-12,17,23H,13-16,18H2,3H3,(H,25,26). The Balaban J connectivity index is 1.92. The summed E-state index contributed by atoms with van der Waals surface area (Å²) in [6.45, 7) is 0.713. The first-order chi connectivity index (χ1) is 14.2. The molecule has 0 aliphatic carbocycles. The number of ether oxygens (including phenoxy) is 3. The summed E-state index contributed by atoms with van der Waals surface area (Å²) in [5, 5.41) is 2.92. The van der Waals surface area contributed by atoms with E-state index in [0.29, 0.717) is 30.9 Å². The summed E-state index contributed by atoms with van der Waals surface area (Å²) in [4.78, 5) is 12.6. The third kappa shape index (κ3) is 7.25. The molecule has 5 nitrogen and oxygen atoms in total. The van der Waals surface area contributed by atoms with Crippen molar-refractivity contribution in [3.8, 4) is 36.2 Å². The Labute approximate surface area is 172 Å². The van der Waals surface area contributed by atoms with Crippen molar-refractivity contribution in [2.45, 2.75) is 18.9 Å². The average molecular weight is 391 g/mol. The molecule has 1 amide bonds. The lowest BCUT2D eigenvalue weighted by atomic mass is 10.1. The number of nitrogens with one attached hydrogen (secondary N) is 1. The summed E-state index contributed by atoms with van der Waals surface area (Å²) in [5.41, 5.74) is 2.01. The molecule has 0 saturated carbocycles. The molecule has 2 rings (SSSR count). The van der Waals surface area contributed by atoms with Gasteiger partial charge in [-0.25, -0.2) is 0 Å². The van der Waals surface area contributed by atoms with Gasteiger partial charge >= 0.3 is 0 Å². The summed E-state index contributed by atoms with van der Waals surface area (Å²) in [6, 6.07) is 15.3. The van der Waals surface area contributed by atoms with Crippen molar-refractivity contribution in [1.29, 1.82) is 0 Å². The van der Waals surface area contributed by atoms with E-state index in [2.05, 4.69) is 17.2 Å². The van der Waals surface area contributed by atoms with Gasteiger partial charge < -0.3 is 19.5 Å². The molecule has 0 bridgehead atoms. The fraction of sp³-hybridized carbons (Fsp3) is 0.292. The first-order valence-corrected chi connectivity index (χ1v) is 9.27. The zero-order chi connectivity index (χ0) is 20.9.